The van der Waals surface area contributed by atoms with Gasteiger partial charge in [-0.15, -0.1) is 10.2 Å². The lowest BCUT2D eigenvalue weighted by Crippen LogP contribution is -2.06. The zero-order valence-electron chi connectivity index (χ0n) is 8.59. The summed E-state index contributed by atoms with van der Waals surface area (Å²) in [6, 6.07) is 1.69. The fourth-order valence-corrected chi connectivity index (χ4v) is 1.22. The van der Waals surface area contributed by atoms with E-state index >= 15 is 0 Å². The molecular weight excluding hydrogens is 208 g/mol. The molecule has 84 valence electrons. The number of nitrogens with one attached hydrogen (secondary N) is 2. The lowest BCUT2D eigenvalue weighted by molar-refractivity contribution is 0.802. The summed E-state index contributed by atoms with van der Waals surface area (Å²) < 4.78 is 0. The van der Waals surface area contributed by atoms with Gasteiger partial charge in [-0.1, -0.05) is 5.21 Å². The summed E-state index contributed by atoms with van der Waals surface area (Å²) in [4.78, 5) is 7.83. The molecule has 2 rings (SSSR count). The minimum absolute atomic E-state index is 0.454. The van der Waals surface area contributed by atoms with Gasteiger partial charge in [0.25, 0.3) is 0 Å². The van der Waals surface area contributed by atoms with Crippen molar-refractivity contribution < 1.29 is 0 Å². The number of anilines is 2. The van der Waals surface area contributed by atoms with Gasteiger partial charge >= 0.3 is 0 Å². The highest BCUT2D eigenvalue weighted by Gasteiger charge is 1.98. The molecule has 16 heavy (non-hydrogen) atoms. The number of nitrogen functional groups attached to an aromatic ring is 1. The Kier molecular flexibility index (Phi) is 3.22. The second kappa shape index (κ2) is 5.01. The van der Waals surface area contributed by atoms with Crippen LogP contribution in [0.3, 0.4) is 0 Å². The first-order valence-corrected chi connectivity index (χ1v) is 4.88. The molecule has 0 amide bonds. The van der Waals surface area contributed by atoms with Crippen molar-refractivity contribution in [1.29, 1.82) is 0 Å². The summed E-state index contributed by atoms with van der Waals surface area (Å²) in [5.41, 5.74) is 5.52. The van der Waals surface area contributed by atoms with Crippen molar-refractivity contribution in [2.24, 2.45) is 0 Å². The molecule has 0 aliphatic rings. The topological polar surface area (TPSA) is 118 Å². The maximum atomic E-state index is 5.52. The SMILES string of the molecule is Nc1cc(NCCCc2nn[nH]n2)ncn1. The van der Waals surface area contributed by atoms with E-state index in [2.05, 4.69) is 35.9 Å². The van der Waals surface area contributed by atoms with E-state index in [0.29, 0.717) is 11.6 Å². The summed E-state index contributed by atoms with van der Waals surface area (Å²) >= 11 is 0. The molecule has 0 atom stereocenters. The van der Waals surface area contributed by atoms with E-state index < -0.39 is 0 Å². The van der Waals surface area contributed by atoms with Gasteiger partial charge in [-0.05, 0) is 6.42 Å². The number of aromatic amines is 1. The molecule has 0 saturated heterocycles. The van der Waals surface area contributed by atoms with Crippen molar-refractivity contribution in [3.8, 4) is 0 Å². The van der Waals surface area contributed by atoms with Gasteiger partial charge in [0.2, 0.25) is 0 Å². The zero-order chi connectivity index (χ0) is 11.2. The molecule has 2 aromatic rings. The quantitative estimate of drug-likeness (QED) is 0.587. The molecule has 0 aromatic carbocycles. The molecule has 8 heteroatoms. The summed E-state index contributed by atoms with van der Waals surface area (Å²) in [5.74, 6) is 1.89. The van der Waals surface area contributed by atoms with Crippen molar-refractivity contribution in [3.05, 3.63) is 18.2 Å². The summed E-state index contributed by atoms with van der Waals surface area (Å²) in [7, 11) is 0. The highest BCUT2D eigenvalue weighted by atomic mass is 15.5. The van der Waals surface area contributed by atoms with E-state index in [-0.39, 0.29) is 0 Å². The molecule has 8 nitrogen and oxygen atoms in total. The van der Waals surface area contributed by atoms with Crippen molar-refractivity contribution in [2.45, 2.75) is 12.8 Å². The van der Waals surface area contributed by atoms with Crippen LogP contribution in [0.5, 0.6) is 0 Å². The molecule has 0 bridgehead atoms. The van der Waals surface area contributed by atoms with Crippen molar-refractivity contribution in [2.75, 3.05) is 17.6 Å². The van der Waals surface area contributed by atoms with Gasteiger partial charge in [-0.2, -0.15) is 5.21 Å². The Morgan fingerprint density at radius 1 is 1.38 bits per heavy atom. The lowest BCUT2D eigenvalue weighted by atomic mass is 10.3. The molecule has 0 fully saturated rings. The molecular formula is C8H12N8. The van der Waals surface area contributed by atoms with Crippen LogP contribution in [0.2, 0.25) is 0 Å². The van der Waals surface area contributed by atoms with Gasteiger partial charge in [0.15, 0.2) is 5.82 Å². The van der Waals surface area contributed by atoms with Gasteiger partial charge in [-0.25, -0.2) is 9.97 Å². The number of nitrogens with zero attached hydrogens (tertiary/aromatic N) is 5. The zero-order valence-corrected chi connectivity index (χ0v) is 8.59. The van der Waals surface area contributed by atoms with Crippen LogP contribution in [0.15, 0.2) is 12.4 Å². The van der Waals surface area contributed by atoms with Crippen LogP contribution in [-0.4, -0.2) is 37.1 Å². The first-order chi connectivity index (χ1) is 7.84. The highest BCUT2D eigenvalue weighted by Crippen LogP contribution is 2.04. The summed E-state index contributed by atoms with van der Waals surface area (Å²) in [6.45, 7) is 0.769. The summed E-state index contributed by atoms with van der Waals surface area (Å²) in [6.07, 6.45) is 3.09. The van der Waals surface area contributed by atoms with Crippen LogP contribution < -0.4 is 11.1 Å². The molecule has 4 N–H and O–H groups in total. The normalized spacial score (nSPS) is 10.2. The van der Waals surface area contributed by atoms with Gasteiger partial charge in [0.05, 0.1) is 0 Å². The van der Waals surface area contributed by atoms with Crippen LogP contribution in [0, 0.1) is 0 Å². The third-order valence-electron chi connectivity index (χ3n) is 1.96. The number of rotatable bonds is 5. The second-order valence-electron chi connectivity index (χ2n) is 3.19. The maximum absolute atomic E-state index is 5.52. The third-order valence-corrected chi connectivity index (χ3v) is 1.96. The highest BCUT2D eigenvalue weighted by molar-refractivity contribution is 5.42. The molecule has 2 aromatic heterocycles. The largest absolute Gasteiger partial charge is 0.384 e. The Balaban J connectivity index is 1.72. The van der Waals surface area contributed by atoms with Gasteiger partial charge in [-0.3, -0.25) is 0 Å². The number of H-pyrrole nitrogens is 1. The predicted molar refractivity (Wildman–Crippen MR) is 57.4 cm³/mol. The summed E-state index contributed by atoms with van der Waals surface area (Å²) in [5, 5.41) is 16.7. The second-order valence-corrected chi connectivity index (χ2v) is 3.19. The number of nitrogens with two attached hydrogens (primary N) is 1. The van der Waals surface area contributed by atoms with Crippen LogP contribution in [-0.2, 0) is 6.42 Å². The number of tetrazole rings is 1. The fourth-order valence-electron chi connectivity index (χ4n) is 1.22. The third kappa shape index (κ3) is 2.87. The fraction of sp³-hybridized carbons (Fsp3) is 0.375. The van der Waals surface area contributed by atoms with Crippen LogP contribution in [0.4, 0.5) is 11.6 Å². The average Bonchev–Trinajstić information content (AvgIpc) is 2.77. The number of hydrogen-bond acceptors (Lipinski definition) is 7. The first kappa shape index (κ1) is 10.3. The lowest BCUT2D eigenvalue weighted by Gasteiger charge is -2.03. The Labute approximate surface area is 91.7 Å². The molecule has 0 saturated carbocycles. The Morgan fingerprint density at radius 3 is 3.06 bits per heavy atom. The van der Waals surface area contributed by atoms with Gasteiger partial charge in [0, 0.05) is 19.0 Å². The average molecular weight is 220 g/mol. The standard InChI is InChI=1S/C8H12N8/c9-6-4-8(12-5-11-6)10-3-1-2-7-13-15-16-14-7/h4-5H,1-3H2,(H3,9,10,11,12)(H,13,14,15,16). The van der Waals surface area contributed by atoms with E-state index in [1.54, 1.807) is 6.07 Å². The van der Waals surface area contributed by atoms with Crippen molar-refractivity contribution in [1.82, 2.24) is 30.6 Å². The van der Waals surface area contributed by atoms with E-state index in [4.69, 9.17) is 5.73 Å². The minimum atomic E-state index is 0.454. The van der Waals surface area contributed by atoms with Crippen molar-refractivity contribution >= 4 is 11.6 Å². The van der Waals surface area contributed by atoms with Gasteiger partial charge in [0.1, 0.15) is 18.0 Å². The molecule has 0 spiro atoms. The van der Waals surface area contributed by atoms with Gasteiger partial charge < -0.3 is 11.1 Å². The van der Waals surface area contributed by atoms with Crippen molar-refractivity contribution in [3.63, 3.8) is 0 Å². The van der Waals surface area contributed by atoms with Crippen LogP contribution in [0.1, 0.15) is 12.2 Å². The monoisotopic (exact) mass is 220 g/mol. The minimum Gasteiger partial charge on any atom is -0.384 e. The molecule has 2 heterocycles. The Bertz CT molecular complexity index is 425. The van der Waals surface area contributed by atoms with Crippen LogP contribution >= 0.6 is 0 Å². The molecule has 0 aliphatic carbocycles. The number of aromatic nitrogens is 6. The first-order valence-electron chi connectivity index (χ1n) is 4.88. The van der Waals surface area contributed by atoms with E-state index in [9.17, 15) is 0 Å². The smallest absolute Gasteiger partial charge is 0.174 e. The van der Waals surface area contributed by atoms with E-state index in [1.165, 1.54) is 6.33 Å². The molecule has 0 radical (unpaired) electrons. The molecule has 0 aliphatic heterocycles. The Hall–Kier alpha value is -2.25. The predicted octanol–water partition coefficient (Wildman–Crippen LogP) is -0.383. The maximum Gasteiger partial charge on any atom is 0.174 e. The molecule has 0 unspecified atom stereocenters. The number of aryl methyl sites for hydroxylation is 1. The van der Waals surface area contributed by atoms with E-state index in [0.717, 1.165) is 25.2 Å². The number of hydrogen-bond donors (Lipinski definition) is 3. The van der Waals surface area contributed by atoms with E-state index in [1.807, 2.05) is 0 Å². The van der Waals surface area contributed by atoms with Crippen LogP contribution in [0.25, 0.3) is 0 Å². The Morgan fingerprint density at radius 2 is 2.31 bits per heavy atom.